The molecule has 0 radical (unpaired) electrons. The van der Waals surface area contributed by atoms with Gasteiger partial charge in [-0.15, -0.1) is 0 Å². The van der Waals surface area contributed by atoms with Gasteiger partial charge in [0.25, 0.3) is 0 Å². The van der Waals surface area contributed by atoms with Crippen molar-refractivity contribution in [1.29, 1.82) is 0 Å². The van der Waals surface area contributed by atoms with Crippen LogP contribution in [-0.2, 0) is 0 Å². The van der Waals surface area contributed by atoms with Crippen molar-refractivity contribution in [3.8, 4) is 0 Å². The van der Waals surface area contributed by atoms with Crippen LogP contribution in [-0.4, -0.2) is 14.0 Å². The molecular weight excluding hydrogens is 348 g/mol. The molecule has 0 amide bonds. The molecule has 1 rings (SSSR count). The van der Waals surface area contributed by atoms with E-state index in [0.717, 1.165) is 0 Å². The minimum absolute atomic E-state index is 0.341. The van der Waals surface area contributed by atoms with Gasteiger partial charge in [-0.2, -0.15) is 0 Å². The molecule has 1 saturated carbocycles. The van der Waals surface area contributed by atoms with Gasteiger partial charge in [0.1, 0.15) is 0 Å². The Morgan fingerprint density at radius 2 is 2.08 bits per heavy atom. The molecule has 3 heteroatoms. The lowest BCUT2D eigenvalue weighted by Crippen LogP contribution is -2.41. The van der Waals surface area contributed by atoms with E-state index in [1.807, 2.05) is 0 Å². The zero-order valence-corrected chi connectivity index (χ0v) is 12.1. The van der Waals surface area contributed by atoms with Crippen LogP contribution in [0, 0.1) is 0 Å². The second-order valence-electron chi connectivity index (χ2n) is 3.59. The molecule has 0 aromatic carbocycles. The average molecular weight is 363 g/mol. The lowest BCUT2D eigenvalue weighted by Gasteiger charge is -2.39. The Morgan fingerprint density at radius 3 is 2.67 bits per heavy atom. The van der Waals surface area contributed by atoms with Crippen molar-refractivity contribution in [3.05, 3.63) is 0 Å². The summed E-state index contributed by atoms with van der Waals surface area (Å²) in [6.07, 6.45) is 6.47. The number of halogens is 3. The summed E-state index contributed by atoms with van der Waals surface area (Å²) >= 11 is 11.4. The Hall–Kier alpha value is 1.44. The summed E-state index contributed by atoms with van der Waals surface area (Å²) in [6.45, 7) is 2.25. The highest BCUT2D eigenvalue weighted by molar-refractivity contribution is 9.14. The smallest absolute Gasteiger partial charge is 0.0424 e. The van der Waals surface area contributed by atoms with Crippen molar-refractivity contribution >= 4 is 47.8 Å². The third-order valence-electron chi connectivity index (χ3n) is 2.55. The summed E-state index contributed by atoms with van der Waals surface area (Å²) in [5.41, 5.74) is 0. The van der Waals surface area contributed by atoms with Gasteiger partial charge < -0.3 is 0 Å². The van der Waals surface area contributed by atoms with Crippen LogP contribution in [0.4, 0.5) is 0 Å². The molecule has 0 aliphatic heterocycles. The van der Waals surface area contributed by atoms with Crippen molar-refractivity contribution < 1.29 is 0 Å². The molecule has 72 valence electrons. The zero-order chi connectivity index (χ0) is 9.19. The molecule has 0 bridgehead atoms. The molecule has 12 heavy (non-hydrogen) atoms. The Balaban J connectivity index is 2.60. The summed E-state index contributed by atoms with van der Waals surface area (Å²) in [5, 5.41) is 0. The molecule has 3 atom stereocenters. The predicted molar refractivity (Wildman–Crippen MR) is 65.8 cm³/mol. The fraction of sp³-hybridized carbons (Fsp3) is 1.00. The molecule has 1 aliphatic carbocycles. The van der Waals surface area contributed by atoms with E-state index in [9.17, 15) is 0 Å². The van der Waals surface area contributed by atoms with E-state index >= 15 is 0 Å². The third-order valence-corrected chi connectivity index (χ3v) is 7.66. The predicted octanol–water partition coefficient (Wildman–Crippen LogP) is 4.63. The van der Waals surface area contributed by atoms with Crippen molar-refractivity contribution in [1.82, 2.24) is 0 Å². The van der Waals surface area contributed by atoms with Crippen LogP contribution in [0.1, 0.15) is 39.0 Å². The molecule has 1 fully saturated rings. The molecule has 0 spiro atoms. The first kappa shape index (κ1) is 11.5. The topological polar surface area (TPSA) is 0 Å². The van der Waals surface area contributed by atoms with Gasteiger partial charge in [-0.3, -0.25) is 0 Å². The number of hydrogen-bond acceptors (Lipinski definition) is 0. The second kappa shape index (κ2) is 4.79. The maximum Gasteiger partial charge on any atom is 0.0424 e. The van der Waals surface area contributed by atoms with Gasteiger partial charge in [-0.25, -0.2) is 0 Å². The maximum atomic E-state index is 3.88. The van der Waals surface area contributed by atoms with Gasteiger partial charge in [0.2, 0.25) is 0 Å². The van der Waals surface area contributed by atoms with Crippen molar-refractivity contribution in [3.63, 3.8) is 0 Å². The van der Waals surface area contributed by atoms with Crippen LogP contribution in [0.3, 0.4) is 0 Å². The highest BCUT2D eigenvalue weighted by Crippen LogP contribution is 2.45. The van der Waals surface area contributed by atoms with Gasteiger partial charge in [-0.1, -0.05) is 67.6 Å². The van der Waals surface area contributed by atoms with Crippen LogP contribution >= 0.6 is 47.8 Å². The molecule has 0 saturated heterocycles. The summed E-state index contributed by atoms with van der Waals surface area (Å²) in [4.78, 5) is 1.22. The average Bonchev–Trinajstić information content (AvgIpc) is 2.01. The second-order valence-corrected chi connectivity index (χ2v) is 7.34. The Bertz CT molecular complexity index is 145. The minimum Gasteiger partial charge on any atom is -0.0878 e. The normalized spacial score (nSPS) is 43.0. The largest absolute Gasteiger partial charge is 0.0878 e. The quantitative estimate of drug-likeness (QED) is 0.628. The lowest BCUT2D eigenvalue weighted by molar-refractivity contribution is 0.410. The fourth-order valence-corrected chi connectivity index (χ4v) is 4.78. The minimum atomic E-state index is 0.341. The highest BCUT2D eigenvalue weighted by Gasteiger charge is 2.40. The molecule has 0 aromatic rings. The number of rotatable bonds is 2. The summed E-state index contributed by atoms with van der Waals surface area (Å²) in [7, 11) is 0. The van der Waals surface area contributed by atoms with Crippen LogP contribution in [0.5, 0.6) is 0 Å². The van der Waals surface area contributed by atoms with Gasteiger partial charge in [0, 0.05) is 14.0 Å². The van der Waals surface area contributed by atoms with Gasteiger partial charge in [0.05, 0.1) is 0 Å². The van der Waals surface area contributed by atoms with Gasteiger partial charge in [-0.05, 0) is 19.3 Å². The first-order valence-corrected chi connectivity index (χ1v) is 7.19. The lowest BCUT2D eigenvalue weighted by atomic mass is 9.86. The van der Waals surface area contributed by atoms with Gasteiger partial charge >= 0.3 is 0 Å². The molecule has 3 unspecified atom stereocenters. The van der Waals surface area contributed by atoms with Crippen LogP contribution in [0.25, 0.3) is 0 Å². The van der Waals surface area contributed by atoms with Crippen molar-refractivity contribution in [2.75, 3.05) is 0 Å². The van der Waals surface area contributed by atoms with Crippen LogP contribution in [0.15, 0.2) is 0 Å². The molecule has 0 N–H and O–H groups in total. The fourth-order valence-electron chi connectivity index (χ4n) is 1.88. The number of alkyl halides is 3. The monoisotopic (exact) mass is 360 g/mol. The van der Waals surface area contributed by atoms with E-state index in [1.54, 1.807) is 0 Å². The first-order valence-electron chi connectivity index (χ1n) is 4.57. The molecular formula is C9H15Br3. The van der Waals surface area contributed by atoms with E-state index in [2.05, 4.69) is 54.7 Å². The highest BCUT2D eigenvalue weighted by atomic mass is 79.9. The Morgan fingerprint density at radius 1 is 1.42 bits per heavy atom. The van der Waals surface area contributed by atoms with E-state index in [-0.39, 0.29) is 0 Å². The van der Waals surface area contributed by atoms with Crippen molar-refractivity contribution in [2.24, 2.45) is 0 Å². The zero-order valence-electron chi connectivity index (χ0n) is 7.32. The maximum absolute atomic E-state index is 3.88. The third kappa shape index (κ3) is 2.48. The summed E-state index contributed by atoms with van der Waals surface area (Å²) in [6, 6.07) is 0. The Labute approximate surface area is 100 Å². The van der Waals surface area contributed by atoms with E-state index in [4.69, 9.17) is 0 Å². The van der Waals surface area contributed by atoms with Gasteiger partial charge in [0.15, 0.2) is 0 Å². The SMILES string of the molecule is CCCC1(Br)CCCC(Br)C1Br. The van der Waals surface area contributed by atoms with Crippen LogP contribution in [0.2, 0.25) is 0 Å². The Kier molecular flexibility index (Phi) is 4.59. The molecule has 1 aliphatic rings. The molecule has 0 aromatic heterocycles. The summed E-state index contributed by atoms with van der Waals surface area (Å²) in [5.74, 6) is 0. The summed E-state index contributed by atoms with van der Waals surface area (Å²) < 4.78 is 0.341. The molecule has 0 heterocycles. The van der Waals surface area contributed by atoms with Crippen LogP contribution < -0.4 is 0 Å². The van der Waals surface area contributed by atoms with E-state index in [0.29, 0.717) is 14.0 Å². The van der Waals surface area contributed by atoms with E-state index < -0.39 is 0 Å². The standard InChI is InChI=1S/C9H15Br3/c1-2-5-9(12)6-3-4-7(10)8(9)11/h7-8H,2-6H2,1H3. The number of hydrogen-bond donors (Lipinski definition) is 0. The first-order chi connectivity index (χ1) is 5.60. The molecule has 0 nitrogen and oxygen atoms in total. The van der Waals surface area contributed by atoms with Crippen molar-refractivity contribution in [2.45, 2.75) is 53.0 Å². The van der Waals surface area contributed by atoms with E-state index in [1.165, 1.54) is 32.1 Å².